The van der Waals surface area contributed by atoms with Gasteiger partial charge in [-0.1, -0.05) is 13.3 Å². The summed E-state index contributed by atoms with van der Waals surface area (Å²) in [5.41, 5.74) is 0. The molecule has 1 rings (SSSR count). The van der Waals surface area contributed by atoms with Crippen LogP contribution in [0.1, 0.15) is 26.7 Å². The van der Waals surface area contributed by atoms with Crippen LogP contribution in [0, 0.1) is 0 Å². The number of hydrogen-bond acceptors (Lipinski definition) is 3. The van der Waals surface area contributed by atoms with Gasteiger partial charge in [-0.2, -0.15) is 0 Å². The fourth-order valence-corrected chi connectivity index (χ4v) is 2.79. The number of nitrogens with zero attached hydrogens (tertiary/aromatic N) is 1. The van der Waals surface area contributed by atoms with Crippen LogP contribution in [0.4, 0.5) is 4.79 Å². The van der Waals surface area contributed by atoms with E-state index in [-0.39, 0.29) is 12.1 Å². The molecule has 1 saturated heterocycles. The fraction of sp³-hybridized carbons (Fsp3) is 0.800. The Morgan fingerprint density at radius 3 is 2.88 bits per heavy atom. The Balaban J connectivity index is 2.49. The van der Waals surface area contributed by atoms with E-state index in [1.807, 2.05) is 6.92 Å². The zero-order valence-corrected chi connectivity index (χ0v) is 10.4. The van der Waals surface area contributed by atoms with Crippen molar-refractivity contribution in [3.05, 3.63) is 0 Å². The lowest BCUT2D eigenvalue weighted by Gasteiger charge is -2.23. The molecule has 0 aliphatic carbocycles. The van der Waals surface area contributed by atoms with Gasteiger partial charge >= 0.3 is 12.0 Å². The molecule has 5 nitrogen and oxygen atoms in total. The second kappa shape index (κ2) is 5.98. The molecule has 0 radical (unpaired) electrons. The molecule has 2 atom stereocenters. The molecule has 0 aromatic rings. The van der Waals surface area contributed by atoms with Crippen molar-refractivity contribution >= 4 is 23.8 Å². The average molecular weight is 246 g/mol. The van der Waals surface area contributed by atoms with Gasteiger partial charge in [-0.05, 0) is 13.3 Å². The predicted molar refractivity (Wildman–Crippen MR) is 63.5 cm³/mol. The summed E-state index contributed by atoms with van der Waals surface area (Å²) in [7, 11) is 0. The standard InChI is InChI=1S/C10H18N2O3S/c1-3-4-7(2)11-10(15)12-6-16-5-8(12)9(13)14/h7-8H,3-6H2,1-2H3,(H,11,15)(H,13,14). The smallest absolute Gasteiger partial charge is 0.327 e. The number of urea groups is 1. The highest BCUT2D eigenvalue weighted by Crippen LogP contribution is 2.21. The summed E-state index contributed by atoms with van der Waals surface area (Å²) >= 11 is 1.47. The first-order valence-corrected chi connectivity index (χ1v) is 6.59. The Labute approximate surface area is 99.6 Å². The summed E-state index contributed by atoms with van der Waals surface area (Å²) in [4.78, 5) is 24.1. The van der Waals surface area contributed by atoms with Gasteiger partial charge in [-0.25, -0.2) is 9.59 Å². The van der Waals surface area contributed by atoms with E-state index >= 15 is 0 Å². The van der Waals surface area contributed by atoms with Crippen LogP contribution in [0.15, 0.2) is 0 Å². The summed E-state index contributed by atoms with van der Waals surface area (Å²) in [6, 6.07) is -0.852. The molecule has 92 valence electrons. The van der Waals surface area contributed by atoms with Crippen molar-refractivity contribution in [1.82, 2.24) is 10.2 Å². The summed E-state index contributed by atoms with van der Waals surface area (Å²) in [6.45, 7) is 3.98. The van der Waals surface area contributed by atoms with E-state index in [4.69, 9.17) is 5.11 Å². The lowest BCUT2D eigenvalue weighted by atomic mass is 10.2. The van der Waals surface area contributed by atoms with E-state index in [2.05, 4.69) is 12.2 Å². The van der Waals surface area contributed by atoms with Crippen LogP contribution in [0.25, 0.3) is 0 Å². The van der Waals surface area contributed by atoms with Gasteiger partial charge in [0, 0.05) is 11.8 Å². The molecule has 0 saturated carbocycles. The van der Waals surface area contributed by atoms with Crippen LogP contribution in [0.5, 0.6) is 0 Å². The van der Waals surface area contributed by atoms with E-state index in [9.17, 15) is 9.59 Å². The molecule has 2 amide bonds. The summed E-state index contributed by atoms with van der Waals surface area (Å²) in [6.07, 6.45) is 1.91. The van der Waals surface area contributed by atoms with Gasteiger partial charge in [0.25, 0.3) is 0 Å². The Hall–Kier alpha value is -0.910. The third kappa shape index (κ3) is 3.30. The summed E-state index contributed by atoms with van der Waals surface area (Å²) in [5.74, 6) is 0.00956. The first-order chi connectivity index (χ1) is 7.56. The Bertz CT molecular complexity index is 273. The number of amides is 2. The van der Waals surface area contributed by atoms with Crippen molar-refractivity contribution in [2.45, 2.75) is 38.8 Å². The molecule has 1 heterocycles. The molecule has 2 unspecified atom stereocenters. The SMILES string of the molecule is CCCC(C)NC(=O)N1CSCC1C(=O)O. The number of carboxylic acids is 1. The van der Waals surface area contributed by atoms with Gasteiger partial charge < -0.3 is 15.3 Å². The number of carboxylic acid groups (broad SMARTS) is 1. The van der Waals surface area contributed by atoms with Crippen LogP contribution in [-0.2, 0) is 4.79 Å². The summed E-state index contributed by atoms with van der Waals surface area (Å²) < 4.78 is 0. The minimum atomic E-state index is -0.928. The molecule has 16 heavy (non-hydrogen) atoms. The molecule has 0 spiro atoms. The Morgan fingerprint density at radius 1 is 1.62 bits per heavy atom. The van der Waals surface area contributed by atoms with Gasteiger partial charge in [0.2, 0.25) is 0 Å². The van der Waals surface area contributed by atoms with Crippen molar-refractivity contribution in [1.29, 1.82) is 0 Å². The number of hydrogen-bond donors (Lipinski definition) is 2. The Kier molecular flexibility index (Phi) is 4.92. The molecule has 0 bridgehead atoms. The third-order valence-electron chi connectivity index (χ3n) is 2.52. The number of thioether (sulfide) groups is 1. The normalized spacial score (nSPS) is 21.9. The van der Waals surface area contributed by atoms with E-state index in [0.717, 1.165) is 12.8 Å². The first-order valence-electron chi connectivity index (χ1n) is 5.44. The van der Waals surface area contributed by atoms with Crippen LogP contribution in [0.2, 0.25) is 0 Å². The van der Waals surface area contributed by atoms with Crippen molar-refractivity contribution in [2.24, 2.45) is 0 Å². The van der Waals surface area contributed by atoms with Gasteiger partial charge in [0.05, 0.1) is 5.88 Å². The number of aliphatic carboxylic acids is 1. The molecular weight excluding hydrogens is 228 g/mol. The molecule has 1 aliphatic heterocycles. The second-order valence-corrected chi connectivity index (χ2v) is 4.96. The van der Waals surface area contributed by atoms with Crippen molar-refractivity contribution in [3.63, 3.8) is 0 Å². The monoisotopic (exact) mass is 246 g/mol. The molecule has 1 fully saturated rings. The highest BCUT2D eigenvalue weighted by Gasteiger charge is 2.34. The highest BCUT2D eigenvalue weighted by atomic mass is 32.2. The third-order valence-corrected chi connectivity index (χ3v) is 3.53. The lowest BCUT2D eigenvalue weighted by Crippen LogP contribution is -2.49. The molecule has 0 aromatic carbocycles. The quantitative estimate of drug-likeness (QED) is 0.785. The van der Waals surface area contributed by atoms with Crippen LogP contribution >= 0.6 is 11.8 Å². The minimum Gasteiger partial charge on any atom is -0.480 e. The highest BCUT2D eigenvalue weighted by molar-refractivity contribution is 7.99. The topological polar surface area (TPSA) is 69.6 Å². The number of nitrogens with one attached hydrogen (secondary N) is 1. The maximum Gasteiger partial charge on any atom is 0.327 e. The second-order valence-electron chi connectivity index (χ2n) is 3.96. The van der Waals surface area contributed by atoms with Crippen molar-refractivity contribution in [2.75, 3.05) is 11.6 Å². The maximum atomic E-state index is 11.8. The molecule has 2 N–H and O–H groups in total. The van der Waals surface area contributed by atoms with E-state index in [0.29, 0.717) is 11.6 Å². The van der Waals surface area contributed by atoms with Crippen LogP contribution in [0.3, 0.4) is 0 Å². The van der Waals surface area contributed by atoms with Crippen LogP contribution in [-0.4, -0.2) is 45.7 Å². The van der Waals surface area contributed by atoms with Gasteiger partial charge in [-0.3, -0.25) is 0 Å². The summed E-state index contributed by atoms with van der Waals surface area (Å²) in [5, 5.41) is 11.8. The first kappa shape index (κ1) is 13.2. The Morgan fingerprint density at radius 2 is 2.31 bits per heavy atom. The van der Waals surface area contributed by atoms with E-state index in [1.54, 1.807) is 0 Å². The maximum absolute atomic E-state index is 11.8. The molecular formula is C10H18N2O3S. The fourth-order valence-electron chi connectivity index (χ4n) is 1.65. The van der Waals surface area contributed by atoms with Gasteiger partial charge in [-0.15, -0.1) is 11.8 Å². The zero-order chi connectivity index (χ0) is 12.1. The largest absolute Gasteiger partial charge is 0.480 e. The predicted octanol–water partition coefficient (Wildman–Crippen LogP) is 1.34. The lowest BCUT2D eigenvalue weighted by molar-refractivity contribution is -0.140. The average Bonchev–Trinajstić information content (AvgIpc) is 2.65. The molecule has 6 heteroatoms. The molecule has 0 aromatic heterocycles. The van der Waals surface area contributed by atoms with Crippen LogP contribution < -0.4 is 5.32 Å². The van der Waals surface area contributed by atoms with Crippen molar-refractivity contribution < 1.29 is 14.7 Å². The van der Waals surface area contributed by atoms with E-state index in [1.165, 1.54) is 16.7 Å². The van der Waals surface area contributed by atoms with Gasteiger partial charge in [0.15, 0.2) is 0 Å². The number of carbonyl (C=O) groups excluding carboxylic acids is 1. The van der Waals surface area contributed by atoms with E-state index < -0.39 is 12.0 Å². The minimum absolute atomic E-state index is 0.0949. The van der Waals surface area contributed by atoms with Crippen molar-refractivity contribution in [3.8, 4) is 0 Å². The number of rotatable bonds is 4. The zero-order valence-electron chi connectivity index (χ0n) is 9.60. The number of carbonyl (C=O) groups is 2. The van der Waals surface area contributed by atoms with Gasteiger partial charge in [0.1, 0.15) is 6.04 Å². The molecule has 1 aliphatic rings.